The maximum atomic E-state index is 9.11. The number of nitrogens with zero attached hydrogens (tertiary/aromatic N) is 1. The minimum absolute atomic E-state index is 0.430. The molecule has 0 atom stereocenters. The molecule has 0 aliphatic rings. The molecular weight excluding hydrogens is 257 g/mol. The lowest BCUT2D eigenvalue weighted by Gasteiger charge is -2.26. The van der Waals surface area contributed by atoms with Gasteiger partial charge in [-0.2, -0.15) is 0 Å². The van der Waals surface area contributed by atoms with Gasteiger partial charge in [0.1, 0.15) is 12.4 Å². The van der Waals surface area contributed by atoms with Crippen molar-refractivity contribution < 1.29 is 19.5 Å². The highest BCUT2D eigenvalue weighted by Gasteiger charge is 2.12. The first-order valence-corrected chi connectivity index (χ1v) is 6.86. The quantitative estimate of drug-likeness (QED) is 0.629. The SMILES string of the molecule is COCCN(CCOc1cccc(B(O)O)c1)C(C)C. The largest absolute Gasteiger partial charge is 0.492 e. The van der Waals surface area contributed by atoms with Crippen LogP contribution in [0.25, 0.3) is 0 Å². The van der Waals surface area contributed by atoms with Crippen molar-refractivity contribution in [1.29, 1.82) is 0 Å². The second-order valence-corrected chi connectivity index (χ2v) is 4.92. The molecule has 0 heterocycles. The van der Waals surface area contributed by atoms with E-state index in [9.17, 15) is 0 Å². The molecule has 0 amide bonds. The van der Waals surface area contributed by atoms with Crippen molar-refractivity contribution >= 4 is 12.6 Å². The van der Waals surface area contributed by atoms with E-state index in [-0.39, 0.29) is 0 Å². The minimum Gasteiger partial charge on any atom is -0.492 e. The maximum absolute atomic E-state index is 9.11. The van der Waals surface area contributed by atoms with Crippen LogP contribution >= 0.6 is 0 Å². The van der Waals surface area contributed by atoms with E-state index in [4.69, 9.17) is 19.5 Å². The summed E-state index contributed by atoms with van der Waals surface area (Å²) in [7, 11) is 0.230. The number of ether oxygens (including phenoxy) is 2. The molecule has 0 saturated heterocycles. The van der Waals surface area contributed by atoms with Gasteiger partial charge in [-0.25, -0.2) is 0 Å². The van der Waals surface area contributed by atoms with Gasteiger partial charge in [-0.05, 0) is 31.4 Å². The number of hydrogen-bond acceptors (Lipinski definition) is 5. The third kappa shape index (κ3) is 5.92. The standard InChI is InChI=1S/C14H24BNO4/c1-12(2)16(7-9-19-3)8-10-20-14-6-4-5-13(11-14)15(17)18/h4-6,11-12,17-18H,7-10H2,1-3H3. The maximum Gasteiger partial charge on any atom is 0.488 e. The lowest BCUT2D eigenvalue weighted by atomic mass is 9.80. The minimum atomic E-state index is -1.47. The van der Waals surface area contributed by atoms with Crippen LogP contribution < -0.4 is 10.2 Å². The van der Waals surface area contributed by atoms with Gasteiger partial charge in [-0.3, -0.25) is 4.90 Å². The van der Waals surface area contributed by atoms with Crippen LogP contribution in [0.5, 0.6) is 5.75 Å². The van der Waals surface area contributed by atoms with Gasteiger partial charge >= 0.3 is 7.12 Å². The summed E-state index contributed by atoms with van der Waals surface area (Å²) in [6, 6.07) is 7.27. The molecule has 0 aliphatic carbocycles. The summed E-state index contributed by atoms with van der Waals surface area (Å²) in [6.07, 6.45) is 0. The van der Waals surface area contributed by atoms with Gasteiger partial charge in [0.25, 0.3) is 0 Å². The van der Waals surface area contributed by atoms with Crippen LogP contribution in [-0.4, -0.2) is 61.5 Å². The van der Waals surface area contributed by atoms with Crippen molar-refractivity contribution in [3.63, 3.8) is 0 Å². The van der Waals surface area contributed by atoms with Crippen LogP contribution in [0.3, 0.4) is 0 Å². The summed E-state index contributed by atoms with van der Waals surface area (Å²) < 4.78 is 10.7. The monoisotopic (exact) mass is 281 g/mol. The second kappa shape index (κ2) is 8.97. The van der Waals surface area contributed by atoms with Crippen LogP contribution in [-0.2, 0) is 4.74 Å². The number of benzene rings is 1. The van der Waals surface area contributed by atoms with Crippen molar-refractivity contribution in [2.75, 3.05) is 33.4 Å². The van der Waals surface area contributed by atoms with Crippen LogP contribution in [0.15, 0.2) is 24.3 Å². The first-order valence-electron chi connectivity index (χ1n) is 6.86. The van der Waals surface area contributed by atoms with Crippen molar-refractivity contribution in [3.8, 4) is 5.75 Å². The van der Waals surface area contributed by atoms with Crippen molar-refractivity contribution in [1.82, 2.24) is 4.90 Å². The molecule has 112 valence electrons. The van der Waals surface area contributed by atoms with Gasteiger partial charge < -0.3 is 19.5 Å². The number of methoxy groups -OCH3 is 1. The number of rotatable bonds is 9. The van der Waals surface area contributed by atoms with E-state index in [1.54, 1.807) is 31.4 Å². The van der Waals surface area contributed by atoms with Gasteiger partial charge in [-0.15, -0.1) is 0 Å². The summed E-state index contributed by atoms with van der Waals surface area (Å²) in [4.78, 5) is 2.27. The van der Waals surface area contributed by atoms with Gasteiger partial charge in [0.15, 0.2) is 0 Å². The Hall–Kier alpha value is -1.08. The van der Waals surface area contributed by atoms with Crippen LogP contribution in [0.4, 0.5) is 0 Å². The molecule has 0 unspecified atom stereocenters. The summed E-state index contributed by atoms with van der Waals surface area (Å²) in [5.41, 5.74) is 0.433. The first kappa shape index (κ1) is 17.0. The number of hydrogen-bond donors (Lipinski definition) is 2. The van der Waals surface area contributed by atoms with Gasteiger partial charge in [0.05, 0.1) is 6.61 Å². The highest BCUT2D eigenvalue weighted by Crippen LogP contribution is 2.08. The fourth-order valence-electron chi connectivity index (χ4n) is 1.88. The Morgan fingerprint density at radius 1 is 1.20 bits per heavy atom. The molecule has 1 aromatic carbocycles. The van der Waals surface area contributed by atoms with E-state index in [0.29, 0.717) is 30.5 Å². The van der Waals surface area contributed by atoms with Gasteiger partial charge in [0, 0.05) is 26.2 Å². The van der Waals surface area contributed by atoms with Crippen molar-refractivity contribution in [3.05, 3.63) is 24.3 Å². The molecule has 0 fully saturated rings. The normalized spacial score (nSPS) is 11.2. The molecule has 0 aromatic heterocycles. The summed E-state index contributed by atoms with van der Waals surface area (Å²) in [5, 5.41) is 18.2. The molecule has 0 saturated carbocycles. The Balaban J connectivity index is 2.43. The molecule has 6 heteroatoms. The Kier molecular flexibility index (Phi) is 7.61. The zero-order valence-corrected chi connectivity index (χ0v) is 12.5. The fraction of sp³-hybridized carbons (Fsp3) is 0.571. The third-order valence-corrected chi connectivity index (χ3v) is 3.12. The third-order valence-electron chi connectivity index (χ3n) is 3.12. The molecule has 2 N–H and O–H groups in total. The van der Waals surface area contributed by atoms with Crippen LogP contribution in [0, 0.1) is 0 Å². The molecule has 20 heavy (non-hydrogen) atoms. The Morgan fingerprint density at radius 3 is 2.50 bits per heavy atom. The molecule has 0 bridgehead atoms. The summed E-state index contributed by atoms with van der Waals surface area (Å²) in [5.74, 6) is 0.644. The van der Waals surface area contributed by atoms with Crippen molar-refractivity contribution in [2.45, 2.75) is 19.9 Å². The summed E-state index contributed by atoms with van der Waals surface area (Å²) >= 11 is 0. The Labute approximate surface area is 121 Å². The topological polar surface area (TPSA) is 62.2 Å². The van der Waals surface area contributed by atoms with Crippen molar-refractivity contribution in [2.24, 2.45) is 0 Å². The first-order chi connectivity index (χ1) is 9.54. The van der Waals surface area contributed by atoms with E-state index in [0.717, 1.165) is 13.1 Å². The van der Waals surface area contributed by atoms with Crippen LogP contribution in [0.2, 0.25) is 0 Å². The predicted molar refractivity (Wildman–Crippen MR) is 80.3 cm³/mol. The molecule has 5 nitrogen and oxygen atoms in total. The predicted octanol–water partition coefficient (Wildman–Crippen LogP) is 0.102. The molecule has 0 radical (unpaired) electrons. The average Bonchev–Trinajstić information content (AvgIpc) is 2.42. The smallest absolute Gasteiger partial charge is 0.488 e. The molecular formula is C14H24BNO4. The Morgan fingerprint density at radius 2 is 1.90 bits per heavy atom. The zero-order chi connectivity index (χ0) is 15.0. The van der Waals surface area contributed by atoms with E-state index in [1.165, 1.54) is 0 Å². The van der Waals surface area contributed by atoms with E-state index < -0.39 is 7.12 Å². The average molecular weight is 281 g/mol. The van der Waals surface area contributed by atoms with E-state index in [2.05, 4.69) is 18.7 Å². The van der Waals surface area contributed by atoms with Gasteiger partial charge in [-0.1, -0.05) is 12.1 Å². The highest BCUT2D eigenvalue weighted by molar-refractivity contribution is 6.58. The highest BCUT2D eigenvalue weighted by atomic mass is 16.5. The molecule has 0 spiro atoms. The van der Waals surface area contributed by atoms with Gasteiger partial charge in [0.2, 0.25) is 0 Å². The molecule has 1 rings (SSSR count). The lowest BCUT2D eigenvalue weighted by molar-refractivity contribution is 0.116. The lowest BCUT2D eigenvalue weighted by Crippen LogP contribution is -2.37. The second-order valence-electron chi connectivity index (χ2n) is 4.92. The molecule has 0 aliphatic heterocycles. The Bertz CT molecular complexity index is 387. The molecule has 1 aromatic rings. The fourth-order valence-corrected chi connectivity index (χ4v) is 1.88. The van der Waals surface area contributed by atoms with E-state index in [1.807, 2.05) is 0 Å². The van der Waals surface area contributed by atoms with Crippen LogP contribution in [0.1, 0.15) is 13.8 Å². The zero-order valence-electron chi connectivity index (χ0n) is 12.5. The summed E-state index contributed by atoms with van der Waals surface area (Å²) in [6.45, 7) is 7.19. The van der Waals surface area contributed by atoms with E-state index >= 15 is 0 Å².